The minimum absolute atomic E-state index is 0.0556. The van der Waals surface area contributed by atoms with E-state index in [-0.39, 0.29) is 12.4 Å². The minimum atomic E-state index is -0.0556. The van der Waals surface area contributed by atoms with Gasteiger partial charge in [-0.15, -0.1) is 0 Å². The summed E-state index contributed by atoms with van der Waals surface area (Å²) < 4.78 is 5.67. The highest BCUT2D eigenvalue weighted by atomic mass is 35.5. The Bertz CT molecular complexity index is 642. The van der Waals surface area contributed by atoms with Gasteiger partial charge in [-0.05, 0) is 36.2 Å². The maximum atomic E-state index is 8.86. The molecule has 0 aliphatic heterocycles. The molecule has 0 saturated carbocycles. The molecule has 0 heterocycles. The lowest BCUT2D eigenvalue weighted by molar-refractivity contribution is 0.299. The summed E-state index contributed by atoms with van der Waals surface area (Å²) in [5, 5.41) is 20.7. The van der Waals surface area contributed by atoms with Crippen LogP contribution in [0, 0.1) is 0 Å². The van der Waals surface area contributed by atoms with E-state index in [4.69, 9.17) is 32.4 Å². The van der Waals surface area contributed by atoms with Crippen molar-refractivity contribution in [2.75, 3.05) is 6.61 Å². The summed E-state index contributed by atoms with van der Waals surface area (Å²) in [4.78, 5) is 0. The van der Waals surface area contributed by atoms with E-state index in [9.17, 15) is 0 Å². The summed E-state index contributed by atoms with van der Waals surface area (Å²) in [6.45, 7) is 0.116. The van der Waals surface area contributed by atoms with Crippen LogP contribution in [0.25, 0.3) is 0 Å². The van der Waals surface area contributed by atoms with Gasteiger partial charge in [0.1, 0.15) is 11.5 Å². The molecule has 0 fully saturated rings. The van der Waals surface area contributed by atoms with Crippen molar-refractivity contribution in [3.8, 4) is 11.5 Å². The quantitative estimate of drug-likeness (QED) is 0.343. The van der Waals surface area contributed by atoms with Crippen LogP contribution in [0.3, 0.4) is 0 Å². The number of hydrogen-bond donors (Lipinski definition) is 3. The summed E-state index contributed by atoms with van der Waals surface area (Å²) in [5.74, 6) is 1.15. The molecule has 110 valence electrons. The predicted octanol–water partition coefficient (Wildman–Crippen LogP) is 2.76. The van der Waals surface area contributed by atoms with Crippen molar-refractivity contribution in [3.05, 3.63) is 58.6 Å². The van der Waals surface area contributed by atoms with Crippen LogP contribution in [-0.4, -0.2) is 22.8 Å². The molecule has 0 spiro atoms. The number of halogens is 1. The Hall–Kier alpha value is -2.24. The second kappa shape index (κ2) is 6.97. The van der Waals surface area contributed by atoms with Crippen molar-refractivity contribution in [1.82, 2.24) is 0 Å². The summed E-state index contributed by atoms with van der Waals surface area (Å²) in [5.41, 5.74) is 6.96. The molecule has 0 aliphatic rings. The molecule has 4 N–H and O–H groups in total. The molecule has 0 aliphatic carbocycles. The van der Waals surface area contributed by atoms with Crippen LogP contribution >= 0.6 is 11.6 Å². The average Bonchev–Trinajstić information content (AvgIpc) is 2.49. The highest BCUT2D eigenvalue weighted by Gasteiger charge is 2.07. The van der Waals surface area contributed by atoms with Gasteiger partial charge in [0.25, 0.3) is 0 Å². The maximum absolute atomic E-state index is 8.86. The Labute approximate surface area is 127 Å². The first-order valence-electron chi connectivity index (χ1n) is 6.29. The van der Waals surface area contributed by atoms with Crippen LogP contribution in [0.2, 0.25) is 5.02 Å². The van der Waals surface area contributed by atoms with Crippen molar-refractivity contribution in [2.24, 2.45) is 10.9 Å². The second-order valence-electron chi connectivity index (χ2n) is 4.35. The van der Waals surface area contributed by atoms with Gasteiger partial charge in [-0.1, -0.05) is 28.9 Å². The zero-order chi connectivity index (χ0) is 15.2. The van der Waals surface area contributed by atoms with E-state index in [0.29, 0.717) is 28.5 Å². The van der Waals surface area contributed by atoms with E-state index in [1.54, 1.807) is 18.2 Å². The number of aliphatic hydroxyl groups excluding tert-OH is 1. The third-order valence-corrected chi connectivity index (χ3v) is 3.20. The van der Waals surface area contributed by atoms with Crippen LogP contribution in [0.1, 0.15) is 11.1 Å². The average molecular weight is 307 g/mol. The lowest BCUT2D eigenvalue weighted by atomic mass is 10.1. The van der Waals surface area contributed by atoms with E-state index in [1.807, 2.05) is 24.3 Å². The fourth-order valence-electron chi connectivity index (χ4n) is 1.81. The van der Waals surface area contributed by atoms with Crippen molar-refractivity contribution in [1.29, 1.82) is 0 Å². The molecule has 0 bridgehead atoms. The van der Waals surface area contributed by atoms with Gasteiger partial charge in [0, 0.05) is 18.2 Å². The van der Waals surface area contributed by atoms with Crippen molar-refractivity contribution >= 4 is 17.4 Å². The third-order valence-electron chi connectivity index (χ3n) is 2.88. The molecule has 0 atom stereocenters. The summed E-state index contributed by atoms with van der Waals surface area (Å²) in [6.07, 6.45) is 0.612. The first-order chi connectivity index (χ1) is 10.1. The monoisotopic (exact) mass is 306 g/mol. The third kappa shape index (κ3) is 3.87. The summed E-state index contributed by atoms with van der Waals surface area (Å²) >= 11 is 6.06. The predicted molar refractivity (Wildman–Crippen MR) is 81.3 cm³/mol. The number of oxime groups is 1. The Morgan fingerprint density at radius 1 is 1.14 bits per heavy atom. The topological polar surface area (TPSA) is 88.1 Å². The number of nitrogens with zero attached hydrogens (tertiary/aromatic N) is 1. The number of benzene rings is 2. The SMILES string of the molecule is N/C(=N/O)c1ccc(Oc2ccc(CCO)cc2)cc1Cl. The van der Waals surface area contributed by atoms with E-state index >= 15 is 0 Å². The lowest BCUT2D eigenvalue weighted by Gasteiger charge is -2.09. The molecule has 2 rings (SSSR count). The van der Waals surface area contributed by atoms with Crippen LogP contribution < -0.4 is 10.5 Å². The number of hydrogen-bond acceptors (Lipinski definition) is 4. The molecule has 0 amide bonds. The standard InChI is InChI=1S/C15H15ClN2O3/c16-14-9-12(5-6-13(14)15(17)18-20)21-11-3-1-10(2-4-11)7-8-19/h1-6,9,19-20H,7-8H2,(H2,17,18). The molecule has 0 aromatic heterocycles. The molecule has 21 heavy (non-hydrogen) atoms. The van der Waals surface area contributed by atoms with Gasteiger partial charge < -0.3 is 20.8 Å². The van der Waals surface area contributed by atoms with Crippen molar-refractivity contribution in [2.45, 2.75) is 6.42 Å². The van der Waals surface area contributed by atoms with Crippen molar-refractivity contribution in [3.63, 3.8) is 0 Å². The fourth-order valence-corrected chi connectivity index (χ4v) is 2.08. The summed E-state index contributed by atoms with van der Waals surface area (Å²) in [7, 11) is 0. The Balaban J connectivity index is 2.14. The first-order valence-corrected chi connectivity index (χ1v) is 6.67. The highest BCUT2D eigenvalue weighted by molar-refractivity contribution is 6.34. The molecule has 2 aromatic carbocycles. The van der Waals surface area contributed by atoms with E-state index in [1.165, 1.54) is 0 Å². The molecule has 0 unspecified atom stereocenters. The summed E-state index contributed by atoms with van der Waals surface area (Å²) in [6, 6.07) is 12.3. The maximum Gasteiger partial charge on any atom is 0.171 e. The second-order valence-corrected chi connectivity index (χ2v) is 4.75. The van der Waals surface area contributed by atoms with Gasteiger partial charge in [-0.25, -0.2) is 0 Å². The van der Waals surface area contributed by atoms with Crippen molar-refractivity contribution < 1.29 is 15.1 Å². The molecular formula is C15H15ClN2O3. The molecule has 2 aromatic rings. The van der Waals surface area contributed by atoms with Crippen LogP contribution in [-0.2, 0) is 6.42 Å². The normalized spacial score (nSPS) is 11.4. The van der Waals surface area contributed by atoms with Gasteiger partial charge in [0.15, 0.2) is 5.84 Å². The fraction of sp³-hybridized carbons (Fsp3) is 0.133. The lowest BCUT2D eigenvalue weighted by Crippen LogP contribution is -2.13. The number of ether oxygens (including phenoxy) is 1. The van der Waals surface area contributed by atoms with Gasteiger partial charge in [-0.2, -0.15) is 0 Å². The largest absolute Gasteiger partial charge is 0.457 e. The Kier molecular flexibility index (Phi) is 5.03. The van der Waals surface area contributed by atoms with E-state index < -0.39 is 0 Å². The van der Waals surface area contributed by atoms with Gasteiger partial charge >= 0.3 is 0 Å². The number of nitrogens with two attached hydrogens (primary N) is 1. The molecule has 6 heteroatoms. The zero-order valence-electron chi connectivity index (χ0n) is 11.2. The molecule has 0 radical (unpaired) electrons. The van der Waals surface area contributed by atoms with Crippen LogP contribution in [0.4, 0.5) is 0 Å². The van der Waals surface area contributed by atoms with Crippen LogP contribution in [0.5, 0.6) is 11.5 Å². The van der Waals surface area contributed by atoms with E-state index in [0.717, 1.165) is 5.56 Å². The van der Waals surface area contributed by atoms with Gasteiger partial charge in [-0.3, -0.25) is 0 Å². The first kappa shape index (κ1) is 15.2. The zero-order valence-corrected chi connectivity index (χ0v) is 11.9. The molecular weight excluding hydrogens is 292 g/mol. The molecule has 5 nitrogen and oxygen atoms in total. The van der Waals surface area contributed by atoms with Gasteiger partial charge in [0.2, 0.25) is 0 Å². The van der Waals surface area contributed by atoms with Crippen LogP contribution in [0.15, 0.2) is 47.6 Å². The molecule has 0 saturated heterocycles. The van der Waals surface area contributed by atoms with Gasteiger partial charge in [0.05, 0.1) is 5.02 Å². The minimum Gasteiger partial charge on any atom is -0.457 e. The van der Waals surface area contributed by atoms with E-state index in [2.05, 4.69) is 5.16 Å². The Morgan fingerprint density at radius 3 is 2.38 bits per heavy atom. The number of amidine groups is 1. The smallest absolute Gasteiger partial charge is 0.171 e. The Morgan fingerprint density at radius 2 is 1.81 bits per heavy atom. The number of rotatable bonds is 5. The number of aliphatic hydroxyl groups is 1. The highest BCUT2D eigenvalue weighted by Crippen LogP contribution is 2.27.